The first-order valence-electron chi connectivity index (χ1n) is 13.6. The number of rotatable bonds is 7. The number of ether oxygens (including phenoxy) is 3. The maximum Gasteiger partial charge on any atom is 0.263 e. The molecule has 0 aliphatic carbocycles. The predicted molar refractivity (Wildman–Crippen MR) is 146 cm³/mol. The summed E-state index contributed by atoms with van der Waals surface area (Å²) < 4.78 is 16.5. The van der Waals surface area contributed by atoms with Crippen LogP contribution in [-0.2, 0) is 16.1 Å². The average molecular weight is 536 g/mol. The summed E-state index contributed by atoms with van der Waals surface area (Å²) in [6, 6.07) is 10.8. The number of benzene rings is 2. The molecule has 2 fully saturated rings. The Morgan fingerprint density at radius 2 is 1.92 bits per heavy atom. The first-order chi connectivity index (χ1) is 18.7. The van der Waals surface area contributed by atoms with Gasteiger partial charge in [0.25, 0.3) is 11.8 Å². The molecule has 3 aliphatic rings. The zero-order valence-corrected chi connectivity index (χ0v) is 23.1. The summed E-state index contributed by atoms with van der Waals surface area (Å²) in [5, 5.41) is 3.05. The second kappa shape index (κ2) is 10.9. The number of imide groups is 1. The second-order valence-corrected chi connectivity index (χ2v) is 11.1. The third-order valence-corrected chi connectivity index (χ3v) is 8.04. The Labute approximate surface area is 229 Å². The molecule has 0 saturated carbocycles. The highest BCUT2D eigenvalue weighted by Crippen LogP contribution is 2.38. The largest absolute Gasteiger partial charge is 0.497 e. The fraction of sp³-hybridized carbons (Fsp3) is 0.500. The molecular formula is C30H37N3O6. The number of piperidine rings is 1. The summed E-state index contributed by atoms with van der Waals surface area (Å²) in [7, 11) is 3.19. The molecule has 2 atom stereocenters. The highest BCUT2D eigenvalue weighted by atomic mass is 16.5. The van der Waals surface area contributed by atoms with Gasteiger partial charge in [0, 0.05) is 43.9 Å². The summed E-state index contributed by atoms with van der Waals surface area (Å²) in [6.45, 7) is 6.04. The van der Waals surface area contributed by atoms with E-state index >= 15 is 0 Å². The van der Waals surface area contributed by atoms with Crippen molar-refractivity contribution in [2.45, 2.75) is 57.7 Å². The smallest absolute Gasteiger partial charge is 0.263 e. The predicted octanol–water partition coefficient (Wildman–Crippen LogP) is 3.79. The topological polar surface area (TPSA) is 97.4 Å². The molecule has 3 aliphatic heterocycles. The van der Waals surface area contributed by atoms with Crippen LogP contribution in [0.4, 0.5) is 5.69 Å². The van der Waals surface area contributed by atoms with Crippen molar-refractivity contribution >= 4 is 23.4 Å². The van der Waals surface area contributed by atoms with E-state index in [1.165, 1.54) is 4.90 Å². The number of fused-ring (bicyclic) bond motifs is 1. The van der Waals surface area contributed by atoms with Gasteiger partial charge in [0.2, 0.25) is 5.91 Å². The molecule has 208 valence electrons. The van der Waals surface area contributed by atoms with Crippen molar-refractivity contribution in [2.24, 2.45) is 5.92 Å². The molecule has 0 spiro atoms. The Morgan fingerprint density at radius 3 is 2.67 bits per heavy atom. The molecular weight excluding hydrogens is 498 g/mol. The van der Waals surface area contributed by atoms with Crippen molar-refractivity contribution in [1.29, 1.82) is 0 Å². The molecule has 0 bridgehead atoms. The summed E-state index contributed by atoms with van der Waals surface area (Å²) in [6.07, 6.45) is 2.81. The van der Waals surface area contributed by atoms with Gasteiger partial charge >= 0.3 is 0 Å². The van der Waals surface area contributed by atoms with E-state index in [2.05, 4.69) is 10.2 Å². The molecule has 2 aromatic carbocycles. The van der Waals surface area contributed by atoms with Gasteiger partial charge in [-0.2, -0.15) is 0 Å². The van der Waals surface area contributed by atoms with Crippen molar-refractivity contribution in [3.63, 3.8) is 0 Å². The fourth-order valence-electron chi connectivity index (χ4n) is 6.04. The van der Waals surface area contributed by atoms with E-state index in [-0.39, 0.29) is 35.3 Å². The third-order valence-electron chi connectivity index (χ3n) is 8.04. The molecule has 3 amide bonds. The van der Waals surface area contributed by atoms with Crippen molar-refractivity contribution in [2.75, 3.05) is 38.8 Å². The number of nitrogens with zero attached hydrogens (tertiary/aromatic N) is 2. The Morgan fingerprint density at radius 1 is 1.10 bits per heavy atom. The number of methoxy groups -OCH3 is 2. The van der Waals surface area contributed by atoms with Crippen LogP contribution in [0, 0.1) is 5.92 Å². The minimum atomic E-state index is -0.385. The summed E-state index contributed by atoms with van der Waals surface area (Å²) in [5.74, 6) is 0.579. The van der Waals surface area contributed by atoms with Crippen LogP contribution < -0.4 is 19.7 Å². The Kier molecular flexibility index (Phi) is 7.53. The van der Waals surface area contributed by atoms with E-state index in [0.717, 1.165) is 30.6 Å². The molecule has 9 nitrogen and oxygen atoms in total. The lowest BCUT2D eigenvalue weighted by molar-refractivity contribution is -0.125. The standard InChI is InChI=1S/C30H37N3O6/c1-30(2)16-21(12-14-39-30)33-28(35)23-8-5-9-24(26(23)29(33)36)32-13-6-7-20(18-32)27(34)31-17-19-10-11-22(37-3)15-25(19)38-4/h5,8-11,15,20-21H,6-7,12-14,16-18H2,1-4H3,(H,31,34). The van der Waals surface area contributed by atoms with Crippen LogP contribution in [0.5, 0.6) is 11.5 Å². The van der Waals surface area contributed by atoms with Gasteiger partial charge in [-0.3, -0.25) is 19.3 Å². The van der Waals surface area contributed by atoms with Gasteiger partial charge in [0.1, 0.15) is 11.5 Å². The van der Waals surface area contributed by atoms with Crippen molar-refractivity contribution in [3.8, 4) is 11.5 Å². The highest BCUT2D eigenvalue weighted by Gasteiger charge is 2.45. The van der Waals surface area contributed by atoms with Crippen LogP contribution in [0.1, 0.15) is 65.8 Å². The van der Waals surface area contributed by atoms with Crippen LogP contribution in [0.2, 0.25) is 0 Å². The van der Waals surface area contributed by atoms with Gasteiger partial charge in [-0.15, -0.1) is 0 Å². The van der Waals surface area contributed by atoms with Crippen LogP contribution >= 0.6 is 0 Å². The van der Waals surface area contributed by atoms with Crippen molar-refractivity contribution < 1.29 is 28.6 Å². The van der Waals surface area contributed by atoms with Gasteiger partial charge in [0.15, 0.2) is 0 Å². The van der Waals surface area contributed by atoms with E-state index in [1.807, 2.05) is 38.1 Å². The van der Waals surface area contributed by atoms with Crippen LogP contribution in [0.3, 0.4) is 0 Å². The number of carbonyl (C=O) groups is 3. The first kappa shape index (κ1) is 27.0. The van der Waals surface area contributed by atoms with E-state index in [9.17, 15) is 14.4 Å². The lowest BCUT2D eigenvalue weighted by Crippen LogP contribution is -2.48. The number of hydrogen-bond acceptors (Lipinski definition) is 7. The zero-order valence-electron chi connectivity index (χ0n) is 23.1. The minimum Gasteiger partial charge on any atom is -0.497 e. The lowest BCUT2D eigenvalue weighted by atomic mass is 9.93. The summed E-state index contributed by atoms with van der Waals surface area (Å²) in [4.78, 5) is 43.8. The molecule has 0 radical (unpaired) electrons. The van der Waals surface area contributed by atoms with Crippen LogP contribution in [0.25, 0.3) is 0 Å². The monoisotopic (exact) mass is 535 g/mol. The number of hydrogen-bond donors (Lipinski definition) is 1. The van der Waals surface area contributed by atoms with Crippen LogP contribution in [0.15, 0.2) is 36.4 Å². The van der Waals surface area contributed by atoms with Gasteiger partial charge < -0.3 is 24.4 Å². The Bertz CT molecular complexity index is 1280. The third kappa shape index (κ3) is 5.32. The quantitative estimate of drug-likeness (QED) is 0.539. The molecule has 0 aromatic heterocycles. The number of nitrogens with one attached hydrogen (secondary N) is 1. The maximum atomic E-state index is 13.7. The molecule has 5 rings (SSSR count). The van der Waals surface area contributed by atoms with Crippen molar-refractivity contribution in [1.82, 2.24) is 10.2 Å². The van der Waals surface area contributed by atoms with E-state index in [0.29, 0.717) is 55.2 Å². The van der Waals surface area contributed by atoms with Gasteiger partial charge in [-0.25, -0.2) is 0 Å². The molecule has 9 heteroatoms. The lowest BCUT2D eigenvalue weighted by Gasteiger charge is -2.39. The highest BCUT2D eigenvalue weighted by molar-refractivity contribution is 6.24. The van der Waals surface area contributed by atoms with E-state index in [1.54, 1.807) is 26.4 Å². The Balaban J connectivity index is 1.30. The fourth-order valence-corrected chi connectivity index (χ4v) is 6.04. The van der Waals surface area contributed by atoms with Gasteiger partial charge in [0.05, 0.1) is 42.6 Å². The number of amides is 3. The molecule has 39 heavy (non-hydrogen) atoms. The molecule has 1 N–H and O–H groups in total. The normalized spacial score (nSPS) is 22.5. The van der Waals surface area contributed by atoms with E-state index in [4.69, 9.17) is 14.2 Å². The van der Waals surface area contributed by atoms with Crippen molar-refractivity contribution in [3.05, 3.63) is 53.1 Å². The maximum absolute atomic E-state index is 13.7. The summed E-state index contributed by atoms with van der Waals surface area (Å²) >= 11 is 0. The SMILES string of the molecule is COc1ccc(CNC(=O)C2CCCN(c3cccc4c3C(=O)N(C3CCOC(C)(C)C3)C4=O)C2)c(OC)c1. The molecule has 3 heterocycles. The second-order valence-electron chi connectivity index (χ2n) is 11.1. The van der Waals surface area contributed by atoms with E-state index < -0.39 is 0 Å². The van der Waals surface area contributed by atoms with Crippen LogP contribution in [-0.4, -0.2) is 68.2 Å². The zero-order chi connectivity index (χ0) is 27.7. The average Bonchev–Trinajstić information content (AvgIpc) is 3.20. The number of anilines is 1. The molecule has 2 unspecified atom stereocenters. The summed E-state index contributed by atoms with van der Waals surface area (Å²) in [5.41, 5.74) is 2.11. The van der Waals surface area contributed by atoms with Gasteiger partial charge in [-0.05, 0) is 63.8 Å². The molecule has 2 aromatic rings. The van der Waals surface area contributed by atoms with Gasteiger partial charge in [-0.1, -0.05) is 6.07 Å². The minimum absolute atomic E-state index is 0.0429. The Hall–Kier alpha value is -3.59. The molecule has 2 saturated heterocycles. The first-order valence-corrected chi connectivity index (χ1v) is 13.6. The number of carbonyl (C=O) groups excluding carboxylic acids is 3.